The zero-order valence-electron chi connectivity index (χ0n) is 21.1. The monoisotopic (exact) mass is 418 g/mol. The Balaban J connectivity index is 3.10. The van der Waals surface area contributed by atoms with Gasteiger partial charge in [0.1, 0.15) is 0 Å². The van der Waals surface area contributed by atoms with Crippen LogP contribution in [0.1, 0.15) is 161 Å². The number of hydrogen-bond acceptors (Lipinski definition) is 0. The van der Waals surface area contributed by atoms with Crippen molar-refractivity contribution in [2.75, 3.05) is 0 Å². The summed E-state index contributed by atoms with van der Waals surface area (Å²) in [4.78, 5) is 0. The van der Waals surface area contributed by atoms with Crippen LogP contribution in [0.4, 0.5) is 0 Å². The van der Waals surface area contributed by atoms with Crippen LogP contribution in [0.3, 0.4) is 0 Å². The minimum Gasteiger partial charge on any atom is -0.0885 e. The zero-order chi connectivity index (χ0) is 22.0. The molecule has 0 nitrogen and oxygen atoms in total. The van der Waals surface area contributed by atoms with E-state index in [-0.39, 0.29) is 0 Å². The molecule has 0 aromatic carbocycles. The molecule has 0 aliphatic rings. The summed E-state index contributed by atoms with van der Waals surface area (Å²) in [6.07, 6.45) is 38.2. The summed E-state index contributed by atoms with van der Waals surface area (Å²) in [6.45, 7) is 10.3. The first-order valence-electron chi connectivity index (χ1n) is 14.0. The quantitative estimate of drug-likeness (QED) is 0.102. The Bertz CT molecular complexity index is 316. The number of unbranched alkanes of at least 4 members (excludes halogenated alkanes) is 19. The molecule has 0 heteroatoms. The van der Waals surface area contributed by atoms with Gasteiger partial charge in [0.2, 0.25) is 0 Å². The van der Waals surface area contributed by atoms with E-state index in [0.717, 1.165) is 18.8 Å². The maximum atomic E-state index is 3.96. The van der Waals surface area contributed by atoms with Crippen LogP contribution in [-0.4, -0.2) is 0 Å². The molecule has 0 amide bonds. The summed E-state index contributed by atoms with van der Waals surface area (Å²) in [5.41, 5.74) is 0. The summed E-state index contributed by atoms with van der Waals surface area (Å²) < 4.78 is 0. The van der Waals surface area contributed by atoms with Gasteiger partial charge in [-0.05, 0) is 31.6 Å². The molecule has 1 atom stereocenters. The van der Waals surface area contributed by atoms with Gasteiger partial charge in [0.25, 0.3) is 0 Å². The molecule has 2 radical (unpaired) electrons. The second-order valence-corrected chi connectivity index (χ2v) is 9.80. The molecule has 0 aliphatic carbocycles. The third kappa shape index (κ3) is 25.8. The molecule has 0 rings (SSSR count). The summed E-state index contributed by atoms with van der Waals surface area (Å²) >= 11 is 0. The molecular weight excluding hydrogens is 360 g/mol. The Kier molecular flexibility index (Phi) is 26.5. The fourth-order valence-electron chi connectivity index (χ4n) is 4.40. The second-order valence-electron chi connectivity index (χ2n) is 9.80. The van der Waals surface area contributed by atoms with Crippen LogP contribution in [0.5, 0.6) is 0 Å². The van der Waals surface area contributed by atoms with Gasteiger partial charge in [0, 0.05) is 0 Å². The van der Waals surface area contributed by atoms with Crippen molar-refractivity contribution < 1.29 is 0 Å². The molecule has 30 heavy (non-hydrogen) atoms. The smallest absolute Gasteiger partial charge is 0.0351 e. The number of hydrogen-bond donors (Lipinski definition) is 0. The lowest BCUT2D eigenvalue weighted by Gasteiger charge is -2.08. The molecule has 1 unspecified atom stereocenters. The van der Waals surface area contributed by atoms with Crippen LogP contribution >= 0.6 is 0 Å². The predicted octanol–water partition coefficient (Wildman–Crippen LogP) is 11.2. The van der Waals surface area contributed by atoms with Crippen molar-refractivity contribution in [3.05, 3.63) is 26.0 Å². The SMILES string of the molecule is [CH2]CCCCCCCCCCCCCCC/C=C/CCCCCCCC(C)CC[CH2]. The highest BCUT2D eigenvalue weighted by Gasteiger charge is 1.99. The molecule has 0 aliphatic heterocycles. The summed E-state index contributed by atoms with van der Waals surface area (Å²) in [6, 6.07) is 0. The van der Waals surface area contributed by atoms with Crippen molar-refractivity contribution in [2.24, 2.45) is 5.92 Å². The van der Waals surface area contributed by atoms with Crippen molar-refractivity contribution in [2.45, 2.75) is 161 Å². The van der Waals surface area contributed by atoms with E-state index in [9.17, 15) is 0 Å². The van der Waals surface area contributed by atoms with E-state index >= 15 is 0 Å². The van der Waals surface area contributed by atoms with E-state index in [1.807, 2.05) is 0 Å². The van der Waals surface area contributed by atoms with Crippen LogP contribution in [0.25, 0.3) is 0 Å². The van der Waals surface area contributed by atoms with Gasteiger partial charge in [0.15, 0.2) is 0 Å². The van der Waals surface area contributed by atoms with Gasteiger partial charge in [-0.2, -0.15) is 0 Å². The summed E-state index contributed by atoms with van der Waals surface area (Å²) in [7, 11) is 0. The third-order valence-corrected chi connectivity index (χ3v) is 6.55. The molecule has 0 heterocycles. The Labute approximate surface area is 193 Å². The predicted molar refractivity (Wildman–Crippen MR) is 140 cm³/mol. The standard InChI is InChI=1S/C30H58/c1-4-6-7-8-9-10-11-12-13-14-15-16-17-18-19-20-21-22-23-24-25-26-27-29-30(3)28-5-2/h20-21,30H,1-2,4-19,22-29H2,3H3/b21-20+. The fourth-order valence-corrected chi connectivity index (χ4v) is 4.40. The van der Waals surface area contributed by atoms with Gasteiger partial charge < -0.3 is 0 Å². The lowest BCUT2D eigenvalue weighted by molar-refractivity contribution is 0.459. The van der Waals surface area contributed by atoms with Gasteiger partial charge in [-0.25, -0.2) is 0 Å². The molecule has 0 saturated heterocycles. The highest BCUT2D eigenvalue weighted by molar-refractivity contribution is 4.81. The Morgan fingerprint density at radius 2 is 0.800 bits per heavy atom. The van der Waals surface area contributed by atoms with E-state index in [2.05, 4.69) is 32.9 Å². The Hall–Kier alpha value is -0.260. The maximum absolute atomic E-state index is 3.96. The first-order chi connectivity index (χ1) is 14.8. The van der Waals surface area contributed by atoms with Crippen LogP contribution in [0.15, 0.2) is 12.2 Å². The van der Waals surface area contributed by atoms with Gasteiger partial charge in [-0.15, -0.1) is 0 Å². The highest BCUT2D eigenvalue weighted by Crippen LogP contribution is 2.16. The molecule has 0 aromatic heterocycles. The normalized spacial score (nSPS) is 12.8. The Morgan fingerprint density at radius 3 is 1.20 bits per heavy atom. The molecular formula is C30H58. The maximum Gasteiger partial charge on any atom is -0.0351 e. The molecule has 0 fully saturated rings. The first kappa shape index (κ1) is 29.7. The van der Waals surface area contributed by atoms with Crippen molar-refractivity contribution in [1.82, 2.24) is 0 Å². The topological polar surface area (TPSA) is 0 Å². The van der Waals surface area contributed by atoms with E-state index in [1.54, 1.807) is 0 Å². The van der Waals surface area contributed by atoms with Crippen LogP contribution in [-0.2, 0) is 0 Å². The van der Waals surface area contributed by atoms with Crippen molar-refractivity contribution in [3.8, 4) is 0 Å². The second kappa shape index (κ2) is 26.8. The average Bonchev–Trinajstić information content (AvgIpc) is 2.74. The lowest BCUT2D eigenvalue weighted by Crippen LogP contribution is -1.93. The minimum atomic E-state index is 0.888. The Morgan fingerprint density at radius 1 is 0.433 bits per heavy atom. The van der Waals surface area contributed by atoms with Crippen LogP contribution in [0, 0.1) is 19.8 Å². The van der Waals surface area contributed by atoms with Gasteiger partial charge in [-0.1, -0.05) is 161 Å². The number of rotatable bonds is 25. The molecule has 0 saturated carbocycles. The van der Waals surface area contributed by atoms with E-state index in [1.165, 1.54) is 141 Å². The zero-order valence-corrected chi connectivity index (χ0v) is 21.1. The van der Waals surface area contributed by atoms with Crippen LogP contribution < -0.4 is 0 Å². The molecule has 0 N–H and O–H groups in total. The first-order valence-corrected chi connectivity index (χ1v) is 14.0. The van der Waals surface area contributed by atoms with Crippen molar-refractivity contribution >= 4 is 0 Å². The molecule has 0 bridgehead atoms. The van der Waals surface area contributed by atoms with Gasteiger partial charge in [-0.3, -0.25) is 0 Å². The van der Waals surface area contributed by atoms with Gasteiger partial charge in [0.05, 0.1) is 0 Å². The molecule has 0 spiro atoms. The largest absolute Gasteiger partial charge is 0.0885 e. The minimum absolute atomic E-state index is 0.888. The lowest BCUT2D eigenvalue weighted by atomic mass is 9.98. The molecule has 178 valence electrons. The van der Waals surface area contributed by atoms with E-state index in [4.69, 9.17) is 0 Å². The summed E-state index contributed by atoms with van der Waals surface area (Å²) in [5, 5.41) is 0. The van der Waals surface area contributed by atoms with Crippen LogP contribution in [0.2, 0.25) is 0 Å². The van der Waals surface area contributed by atoms with Crippen molar-refractivity contribution in [3.63, 3.8) is 0 Å². The fraction of sp³-hybridized carbons (Fsp3) is 0.867. The molecule has 0 aromatic rings. The summed E-state index contributed by atoms with van der Waals surface area (Å²) in [5.74, 6) is 0.888. The van der Waals surface area contributed by atoms with Gasteiger partial charge >= 0.3 is 0 Å². The number of allylic oxidation sites excluding steroid dienone is 2. The van der Waals surface area contributed by atoms with Crippen molar-refractivity contribution in [1.29, 1.82) is 0 Å². The highest BCUT2D eigenvalue weighted by atomic mass is 14.1. The van der Waals surface area contributed by atoms with E-state index < -0.39 is 0 Å². The third-order valence-electron chi connectivity index (χ3n) is 6.55. The van der Waals surface area contributed by atoms with E-state index in [0.29, 0.717) is 0 Å². The average molecular weight is 419 g/mol.